The van der Waals surface area contributed by atoms with E-state index in [1.165, 1.54) is 18.3 Å². The molecule has 0 fully saturated rings. The van der Waals surface area contributed by atoms with Crippen LogP contribution >= 0.6 is 11.3 Å². The highest BCUT2D eigenvalue weighted by atomic mass is 32.1. The third-order valence-electron chi connectivity index (χ3n) is 2.73. The van der Waals surface area contributed by atoms with Crippen molar-refractivity contribution in [3.05, 3.63) is 29.3 Å². The Morgan fingerprint density at radius 1 is 1.18 bits per heavy atom. The molecule has 7 heteroatoms. The van der Waals surface area contributed by atoms with E-state index in [0.29, 0.717) is 5.01 Å². The summed E-state index contributed by atoms with van der Waals surface area (Å²) in [5.74, 6) is -0.902. The van der Waals surface area contributed by atoms with Crippen LogP contribution < -0.4 is 5.73 Å². The number of nitrogens with two attached hydrogens (primary N) is 1. The fourth-order valence-electron chi connectivity index (χ4n) is 1.63. The minimum absolute atomic E-state index is 0.377. The van der Waals surface area contributed by atoms with Gasteiger partial charge in [-0.25, -0.2) is 14.6 Å². The third-order valence-corrected chi connectivity index (χ3v) is 4.00. The highest BCUT2D eigenvalue weighted by Crippen LogP contribution is 2.29. The Labute approximate surface area is 132 Å². The van der Waals surface area contributed by atoms with Crippen LogP contribution in [0.4, 0.5) is 4.79 Å². The fourth-order valence-corrected chi connectivity index (χ4v) is 2.65. The first-order chi connectivity index (χ1) is 10.1. The number of hydrogen-bond acceptors (Lipinski definition) is 7. The highest BCUT2D eigenvalue weighted by Gasteiger charge is 2.38. The molecule has 1 atom stereocenters. The first-order valence-corrected chi connectivity index (χ1v) is 7.51. The molecule has 0 aliphatic rings. The Bertz CT molecular complexity index is 683. The second-order valence-corrected chi connectivity index (χ2v) is 7.07. The zero-order valence-electron chi connectivity index (χ0n) is 12.9. The maximum atomic E-state index is 12.2. The minimum Gasteiger partial charge on any atom is -0.428 e. The van der Waals surface area contributed by atoms with Crippen molar-refractivity contribution >= 4 is 33.7 Å². The molecule has 2 aromatic rings. The number of ether oxygens (including phenoxy) is 2. The van der Waals surface area contributed by atoms with E-state index in [2.05, 4.69) is 9.72 Å². The number of rotatable bonds is 2. The maximum Gasteiger partial charge on any atom is 0.516 e. The van der Waals surface area contributed by atoms with Crippen LogP contribution in [0.15, 0.2) is 24.3 Å². The number of nitrogens with zero attached hydrogens (tertiary/aromatic N) is 1. The van der Waals surface area contributed by atoms with Crippen molar-refractivity contribution in [1.82, 2.24) is 4.98 Å². The van der Waals surface area contributed by atoms with Crippen LogP contribution in [0.25, 0.3) is 10.2 Å². The SMILES string of the molecule is CC(C)(C)OC(=O)OC(=O)[C@@](C)(N)c1nc2ccccc2s1. The van der Waals surface area contributed by atoms with E-state index in [1.54, 1.807) is 20.8 Å². The van der Waals surface area contributed by atoms with Gasteiger partial charge < -0.3 is 15.2 Å². The molecule has 0 bridgehead atoms. The molecule has 1 aromatic carbocycles. The van der Waals surface area contributed by atoms with Gasteiger partial charge in [-0.05, 0) is 39.8 Å². The quantitative estimate of drug-likeness (QED) is 0.675. The van der Waals surface area contributed by atoms with Crippen LogP contribution in [0, 0.1) is 0 Å². The minimum atomic E-state index is -1.53. The number of carbonyl (C=O) groups excluding carboxylic acids is 2. The van der Waals surface area contributed by atoms with E-state index in [-0.39, 0.29) is 0 Å². The predicted octanol–water partition coefficient (Wildman–Crippen LogP) is 2.95. The normalized spacial score (nSPS) is 14.4. The second-order valence-electron chi connectivity index (χ2n) is 6.04. The van der Waals surface area contributed by atoms with Crippen molar-refractivity contribution in [3.63, 3.8) is 0 Å². The van der Waals surface area contributed by atoms with Crippen LogP contribution in [0.1, 0.15) is 32.7 Å². The first-order valence-electron chi connectivity index (χ1n) is 6.70. The van der Waals surface area contributed by atoms with E-state index in [1.807, 2.05) is 24.3 Å². The topological polar surface area (TPSA) is 91.5 Å². The molecule has 22 heavy (non-hydrogen) atoms. The molecule has 118 valence electrons. The van der Waals surface area contributed by atoms with Crippen molar-refractivity contribution in [3.8, 4) is 0 Å². The lowest BCUT2D eigenvalue weighted by Gasteiger charge is -2.22. The Balaban J connectivity index is 2.18. The van der Waals surface area contributed by atoms with Crippen LogP contribution in [0.3, 0.4) is 0 Å². The van der Waals surface area contributed by atoms with Crippen LogP contribution in [-0.2, 0) is 19.8 Å². The van der Waals surface area contributed by atoms with Gasteiger partial charge in [0, 0.05) is 0 Å². The summed E-state index contributed by atoms with van der Waals surface area (Å²) in [4.78, 5) is 28.1. The monoisotopic (exact) mass is 322 g/mol. The average Bonchev–Trinajstić information content (AvgIpc) is 2.80. The van der Waals surface area contributed by atoms with Gasteiger partial charge in [-0.1, -0.05) is 12.1 Å². The van der Waals surface area contributed by atoms with Gasteiger partial charge in [0.25, 0.3) is 0 Å². The third kappa shape index (κ3) is 3.61. The molecule has 0 radical (unpaired) electrons. The van der Waals surface area contributed by atoms with Gasteiger partial charge in [0.05, 0.1) is 10.2 Å². The number of esters is 1. The van der Waals surface area contributed by atoms with E-state index >= 15 is 0 Å². The van der Waals surface area contributed by atoms with E-state index < -0.39 is 23.3 Å². The van der Waals surface area contributed by atoms with Crippen LogP contribution in [0.2, 0.25) is 0 Å². The number of fused-ring (bicyclic) bond motifs is 1. The van der Waals surface area contributed by atoms with Gasteiger partial charge in [0.1, 0.15) is 10.6 Å². The number of hydrogen-bond donors (Lipinski definition) is 1. The van der Waals surface area contributed by atoms with Crippen LogP contribution in [-0.4, -0.2) is 22.7 Å². The summed E-state index contributed by atoms with van der Waals surface area (Å²) < 4.78 is 10.5. The Morgan fingerprint density at radius 2 is 1.82 bits per heavy atom. The summed E-state index contributed by atoms with van der Waals surface area (Å²) in [6, 6.07) is 7.42. The van der Waals surface area contributed by atoms with Gasteiger partial charge in [-0.3, -0.25) is 0 Å². The molecule has 0 saturated heterocycles. The largest absolute Gasteiger partial charge is 0.516 e. The first kappa shape index (κ1) is 16.4. The molecule has 2 N–H and O–H groups in total. The molecular weight excluding hydrogens is 304 g/mol. The smallest absolute Gasteiger partial charge is 0.428 e. The molecule has 1 heterocycles. The lowest BCUT2D eigenvalue weighted by atomic mass is 10.1. The summed E-state index contributed by atoms with van der Waals surface area (Å²) in [5.41, 5.74) is 4.48. The average molecular weight is 322 g/mol. The molecule has 6 nitrogen and oxygen atoms in total. The molecule has 0 amide bonds. The molecule has 0 unspecified atom stereocenters. The molecule has 1 aromatic heterocycles. The van der Waals surface area contributed by atoms with Crippen molar-refractivity contribution in [1.29, 1.82) is 0 Å². The lowest BCUT2D eigenvalue weighted by Crippen LogP contribution is -2.44. The summed E-state index contributed by atoms with van der Waals surface area (Å²) in [5, 5.41) is 0.377. The molecule has 0 spiro atoms. The highest BCUT2D eigenvalue weighted by molar-refractivity contribution is 7.18. The molecule has 0 saturated carbocycles. The van der Waals surface area contributed by atoms with E-state index in [0.717, 1.165) is 10.2 Å². The van der Waals surface area contributed by atoms with Gasteiger partial charge in [-0.2, -0.15) is 0 Å². The maximum absolute atomic E-state index is 12.2. The molecular formula is C15H18N2O4S. The number of aromatic nitrogens is 1. The van der Waals surface area contributed by atoms with Crippen molar-refractivity contribution in [2.45, 2.75) is 38.8 Å². The Hall–Kier alpha value is -1.99. The van der Waals surface area contributed by atoms with Gasteiger partial charge >= 0.3 is 12.1 Å². The number of para-hydroxylation sites is 1. The van der Waals surface area contributed by atoms with Crippen LogP contribution in [0.5, 0.6) is 0 Å². The molecule has 2 rings (SSSR count). The van der Waals surface area contributed by atoms with Crippen molar-refractivity contribution in [2.24, 2.45) is 5.73 Å². The molecule has 0 aliphatic heterocycles. The molecule has 0 aliphatic carbocycles. The summed E-state index contributed by atoms with van der Waals surface area (Å²) in [6.45, 7) is 6.48. The standard InChI is InChI=1S/C15H18N2O4S/c1-14(2,3)21-13(19)20-12(18)15(4,16)11-17-9-7-5-6-8-10(9)22-11/h5-8H,16H2,1-4H3/t15-/m0/s1. The van der Waals surface area contributed by atoms with Gasteiger partial charge in [0.15, 0.2) is 5.54 Å². The summed E-state index contributed by atoms with van der Waals surface area (Å²) in [6.07, 6.45) is -1.07. The van der Waals surface area contributed by atoms with Crippen molar-refractivity contribution in [2.75, 3.05) is 0 Å². The fraction of sp³-hybridized carbons (Fsp3) is 0.400. The van der Waals surface area contributed by atoms with Gasteiger partial charge in [-0.15, -0.1) is 11.3 Å². The van der Waals surface area contributed by atoms with Gasteiger partial charge in [0.2, 0.25) is 0 Å². The number of carbonyl (C=O) groups is 2. The number of benzene rings is 1. The summed E-state index contributed by atoms with van der Waals surface area (Å²) >= 11 is 1.28. The summed E-state index contributed by atoms with van der Waals surface area (Å²) in [7, 11) is 0. The second kappa shape index (κ2) is 5.66. The van der Waals surface area contributed by atoms with E-state index in [4.69, 9.17) is 10.5 Å². The lowest BCUT2D eigenvalue weighted by molar-refractivity contribution is -0.147. The zero-order valence-corrected chi connectivity index (χ0v) is 13.7. The predicted molar refractivity (Wildman–Crippen MR) is 83.5 cm³/mol. The Morgan fingerprint density at radius 3 is 2.41 bits per heavy atom. The van der Waals surface area contributed by atoms with Crippen molar-refractivity contribution < 1.29 is 19.1 Å². The van der Waals surface area contributed by atoms with E-state index in [9.17, 15) is 9.59 Å². The Kier molecular flexibility index (Phi) is 4.21. The number of thiazole rings is 1. The zero-order chi connectivity index (χ0) is 16.5.